The van der Waals surface area contributed by atoms with E-state index in [1.807, 2.05) is 41.3 Å². The second-order valence-electron chi connectivity index (χ2n) is 4.61. The van der Waals surface area contributed by atoms with E-state index in [-0.39, 0.29) is 6.04 Å². The van der Waals surface area contributed by atoms with Gasteiger partial charge in [-0.1, -0.05) is 39.7 Å². The number of rotatable bonds is 2. The summed E-state index contributed by atoms with van der Waals surface area (Å²) in [6.45, 7) is 0.663. The van der Waals surface area contributed by atoms with E-state index >= 15 is 0 Å². The molecule has 3 rings (SSSR count). The molecule has 0 saturated carbocycles. The van der Waals surface area contributed by atoms with E-state index in [4.69, 9.17) is 17.3 Å². The van der Waals surface area contributed by atoms with Gasteiger partial charge in [-0.05, 0) is 42.0 Å². The molecule has 102 valence electrons. The highest BCUT2D eigenvalue weighted by molar-refractivity contribution is 9.10. The second kappa shape index (κ2) is 5.46. The summed E-state index contributed by atoms with van der Waals surface area (Å²) in [5.41, 5.74) is 8.23. The summed E-state index contributed by atoms with van der Waals surface area (Å²) in [4.78, 5) is 6.41. The largest absolute Gasteiger partial charge is 0.369 e. The number of hydrogen-bond acceptors (Lipinski definition) is 3. The minimum Gasteiger partial charge on any atom is -0.369 e. The van der Waals surface area contributed by atoms with Gasteiger partial charge in [0.2, 0.25) is 0 Å². The Kier molecular flexibility index (Phi) is 3.68. The van der Waals surface area contributed by atoms with E-state index in [9.17, 15) is 0 Å². The number of nitrogens with two attached hydrogens (primary N) is 1. The molecule has 1 atom stereocenters. The van der Waals surface area contributed by atoms with Crippen LogP contribution >= 0.6 is 27.5 Å². The molecule has 1 unspecified atom stereocenters. The zero-order chi connectivity index (χ0) is 14.1. The summed E-state index contributed by atoms with van der Waals surface area (Å²) in [7, 11) is 0. The van der Waals surface area contributed by atoms with Gasteiger partial charge in [0, 0.05) is 15.2 Å². The lowest BCUT2D eigenvalue weighted by Crippen LogP contribution is -2.36. The van der Waals surface area contributed by atoms with Crippen LogP contribution in [0.4, 0.5) is 5.69 Å². The lowest BCUT2D eigenvalue weighted by molar-refractivity contribution is 0.768. The van der Waals surface area contributed by atoms with Crippen LogP contribution in [-0.2, 0) is 0 Å². The molecule has 0 amide bonds. The van der Waals surface area contributed by atoms with E-state index in [0.29, 0.717) is 17.5 Å². The monoisotopic (exact) mass is 349 g/mol. The predicted octanol–water partition coefficient (Wildman–Crippen LogP) is 3.98. The maximum Gasteiger partial charge on any atom is 0.196 e. The highest BCUT2D eigenvalue weighted by atomic mass is 79.9. The van der Waals surface area contributed by atoms with Crippen LogP contribution in [0.1, 0.15) is 11.6 Å². The highest BCUT2D eigenvalue weighted by Gasteiger charge is 2.28. The van der Waals surface area contributed by atoms with Crippen LogP contribution in [-0.4, -0.2) is 12.5 Å². The number of halogens is 2. The van der Waals surface area contributed by atoms with Gasteiger partial charge in [0.1, 0.15) is 0 Å². The van der Waals surface area contributed by atoms with Gasteiger partial charge < -0.3 is 10.6 Å². The predicted molar refractivity (Wildman–Crippen MR) is 87.3 cm³/mol. The summed E-state index contributed by atoms with van der Waals surface area (Å²) in [6, 6.07) is 16.0. The Hall–Kier alpha value is -1.52. The minimum absolute atomic E-state index is 0.129. The van der Waals surface area contributed by atoms with E-state index in [1.54, 1.807) is 0 Å². The van der Waals surface area contributed by atoms with Crippen LogP contribution in [0.3, 0.4) is 0 Å². The van der Waals surface area contributed by atoms with Gasteiger partial charge in [-0.2, -0.15) is 0 Å². The molecule has 5 heteroatoms. The van der Waals surface area contributed by atoms with Crippen molar-refractivity contribution in [2.75, 3.05) is 11.4 Å². The molecule has 0 radical (unpaired) electrons. The second-order valence-corrected chi connectivity index (χ2v) is 5.96. The normalized spacial score (nSPS) is 18.2. The molecule has 2 aromatic rings. The molecule has 1 aliphatic heterocycles. The maximum atomic E-state index is 6.04. The van der Waals surface area contributed by atoms with Crippen LogP contribution in [0.25, 0.3) is 0 Å². The van der Waals surface area contributed by atoms with E-state index in [1.165, 1.54) is 5.56 Å². The Morgan fingerprint density at radius 3 is 2.40 bits per heavy atom. The molecular formula is C15H13BrClN3. The lowest BCUT2D eigenvalue weighted by atomic mass is 10.1. The summed E-state index contributed by atoms with van der Waals surface area (Å²) < 4.78 is 1.06. The summed E-state index contributed by atoms with van der Waals surface area (Å²) in [5.74, 6) is 0.542. The Balaban J connectivity index is 1.96. The van der Waals surface area contributed by atoms with E-state index in [2.05, 4.69) is 33.1 Å². The number of nitrogens with zero attached hydrogens (tertiary/aromatic N) is 2. The van der Waals surface area contributed by atoms with Crippen LogP contribution in [0.5, 0.6) is 0 Å². The van der Waals surface area contributed by atoms with Crippen molar-refractivity contribution in [3.05, 3.63) is 63.6 Å². The van der Waals surface area contributed by atoms with Gasteiger partial charge in [0.15, 0.2) is 5.96 Å². The Morgan fingerprint density at radius 1 is 1.10 bits per heavy atom. The van der Waals surface area contributed by atoms with Gasteiger partial charge in [-0.25, -0.2) is 0 Å². The average Bonchev–Trinajstić information content (AvgIpc) is 2.83. The van der Waals surface area contributed by atoms with E-state index < -0.39 is 0 Å². The molecule has 20 heavy (non-hydrogen) atoms. The maximum absolute atomic E-state index is 6.04. The summed E-state index contributed by atoms with van der Waals surface area (Å²) in [5, 5.41) is 0.712. The number of aliphatic imine (C=N–C) groups is 1. The molecule has 0 bridgehead atoms. The number of guanidine groups is 1. The molecule has 2 N–H and O–H groups in total. The Bertz CT molecular complexity index is 637. The van der Waals surface area contributed by atoms with Crippen LogP contribution in [0.2, 0.25) is 5.02 Å². The van der Waals surface area contributed by atoms with Crippen LogP contribution < -0.4 is 10.6 Å². The molecule has 0 aromatic heterocycles. The van der Waals surface area contributed by atoms with Crippen LogP contribution in [0, 0.1) is 0 Å². The number of hydrogen-bond donors (Lipinski definition) is 1. The fourth-order valence-corrected chi connectivity index (χ4v) is 2.74. The third kappa shape index (κ3) is 2.53. The SMILES string of the molecule is NC1=NCC(c2ccc(Br)cc2)N1c1ccc(Cl)cc1. The first-order valence-electron chi connectivity index (χ1n) is 6.25. The van der Waals surface area contributed by atoms with E-state index in [0.717, 1.165) is 10.2 Å². The number of benzene rings is 2. The fraction of sp³-hybridized carbons (Fsp3) is 0.133. The van der Waals surface area contributed by atoms with Crippen molar-refractivity contribution in [2.45, 2.75) is 6.04 Å². The molecular weight excluding hydrogens is 338 g/mol. The third-order valence-corrected chi connectivity index (χ3v) is 4.12. The zero-order valence-corrected chi connectivity index (χ0v) is 13.0. The van der Waals surface area contributed by atoms with Crippen molar-refractivity contribution >= 4 is 39.2 Å². The van der Waals surface area contributed by atoms with Crippen molar-refractivity contribution in [2.24, 2.45) is 10.7 Å². The molecule has 0 spiro atoms. The van der Waals surface area contributed by atoms with Crippen molar-refractivity contribution in [3.8, 4) is 0 Å². The topological polar surface area (TPSA) is 41.6 Å². The fourth-order valence-electron chi connectivity index (χ4n) is 2.35. The highest BCUT2D eigenvalue weighted by Crippen LogP contribution is 2.32. The van der Waals surface area contributed by atoms with Crippen molar-refractivity contribution < 1.29 is 0 Å². The van der Waals surface area contributed by atoms with Crippen LogP contribution in [0.15, 0.2) is 58.0 Å². The summed E-state index contributed by atoms with van der Waals surface area (Å²) in [6.07, 6.45) is 0. The van der Waals surface area contributed by atoms with Crippen molar-refractivity contribution in [1.82, 2.24) is 0 Å². The summed E-state index contributed by atoms with van der Waals surface area (Å²) >= 11 is 9.39. The van der Waals surface area contributed by atoms with Gasteiger partial charge in [-0.15, -0.1) is 0 Å². The molecule has 1 heterocycles. The Labute approximate surface area is 131 Å². The van der Waals surface area contributed by atoms with Gasteiger partial charge >= 0.3 is 0 Å². The number of anilines is 1. The lowest BCUT2D eigenvalue weighted by Gasteiger charge is -2.26. The molecule has 3 nitrogen and oxygen atoms in total. The van der Waals surface area contributed by atoms with Crippen molar-refractivity contribution in [3.63, 3.8) is 0 Å². The average molecular weight is 351 g/mol. The smallest absolute Gasteiger partial charge is 0.196 e. The standard InChI is InChI=1S/C15H13BrClN3/c16-11-3-1-10(2-4-11)14-9-19-15(18)20(14)13-7-5-12(17)6-8-13/h1-8,14H,9H2,(H2,18,19). The first-order valence-corrected chi connectivity index (χ1v) is 7.42. The minimum atomic E-state index is 0.129. The van der Waals surface area contributed by atoms with Gasteiger partial charge in [0.05, 0.1) is 12.6 Å². The zero-order valence-electron chi connectivity index (χ0n) is 10.6. The molecule has 0 aliphatic carbocycles. The molecule has 2 aromatic carbocycles. The first-order chi connectivity index (χ1) is 9.65. The first kappa shape index (κ1) is 13.5. The van der Waals surface area contributed by atoms with Crippen molar-refractivity contribution in [1.29, 1.82) is 0 Å². The quantitative estimate of drug-likeness (QED) is 0.890. The van der Waals surface area contributed by atoms with Gasteiger partial charge in [0.25, 0.3) is 0 Å². The third-order valence-electron chi connectivity index (χ3n) is 3.34. The molecule has 1 aliphatic rings. The molecule has 0 fully saturated rings. The Morgan fingerprint density at radius 2 is 1.75 bits per heavy atom. The van der Waals surface area contributed by atoms with Gasteiger partial charge in [-0.3, -0.25) is 4.99 Å². The molecule has 0 saturated heterocycles.